The van der Waals surface area contributed by atoms with E-state index < -0.39 is 0 Å². The van der Waals surface area contributed by atoms with E-state index in [1.165, 1.54) is 0 Å². The van der Waals surface area contributed by atoms with E-state index in [1.54, 1.807) is 4.68 Å². The third-order valence-electron chi connectivity index (χ3n) is 1.85. The van der Waals surface area contributed by atoms with Gasteiger partial charge in [0.2, 0.25) is 4.73 Å². The molecule has 0 saturated heterocycles. The van der Waals surface area contributed by atoms with E-state index in [-0.39, 0.29) is 0 Å². The molecule has 5 heteroatoms. The molecule has 72 valence electrons. The van der Waals surface area contributed by atoms with Crippen LogP contribution in [0.3, 0.4) is 0 Å². The second-order valence-corrected chi connectivity index (χ2v) is 3.92. The molecule has 0 aliphatic heterocycles. The Morgan fingerprint density at radius 3 is 2.64 bits per heavy atom. The molecule has 1 aromatic heterocycles. The fraction of sp³-hybridized carbons (Fsp3) is 0.111. The van der Waals surface area contributed by atoms with Gasteiger partial charge in [0.1, 0.15) is 0 Å². The summed E-state index contributed by atoms with van der Waals surface area (Å²) in [6.07, 6.45) is 0. The minimum Gasteiger partial charge on any atom is -0.248 e. The smallest absolute Gasteiger partial charge is 0.217 e. The fourth-order valence-electron chi connectivity index (χ4n) is 1.23. The first-order valence-electron chi connectivity index (χ1n) is 4.00. The van der Waals surface area contributed by atoms with Gasteiger partial charge in [-0.25, -0.2) is 9.67 Å². The second kappa shape index (κ2) is 3.71. The molecule has 0 unspecified atom stereocenters. The zero-order valence-electron chi connectivity index (χ0n) is 7.41. The molecule has 1 aromatic carbocycles. The van der Waals surface area contributed by atoms with Crippen molar-refractivity contribution >= 4 is 27.5 Å². The third-order valence-corrected chi connectivity index (χ3v) is 2.52. The highest BCUT2D eigenvalue weighted by Crippen LogP contribution is 2.26. The summed E-state index contributed by atoms with van der Waals surface area (Å²) in [5.41, 5.74) is 0.884. The number of aryl methyl sites for hydroxylation is 1. The van der Waals surface area contributed by atoms with E-state index in [0.29, 0.717) is 9.76 Å². The number of hydrogen-bond donors (Lipinski definition) is 0. The number of hydrogen-bond acceptors (Lipinski definition) is 2. The van der Waals surface area contributed by atoms with Gasteiger partial charge in [-0.05, 0) is 28.1 Å². The van der Waals surface area contributed by atoms with E-state index in [0.717, 1.165) is 11.4 Å². The van der Waals surface area contributed by atoms with Crippen molar-refractivity contribution in [1.29, 1.82) is 0 Å². The van der Waals surface area contributed by atoms with Gasteiger partial charge in [-0.1, -0.05) is 23.7 Å². The van der Waals surface area contributed by atoms with Gasteiger partial charge < -0.3 is 0 Å². The maximum absolute atomic E-state index is 6.04. The maximum atomic E-state index is 6.04. The molecule has 0 saturated carbocycles. The lowest BCUT2D eigenvalue weighted by Crippen LogP contribution is -1.94. The van der Waals surface area contributed by atoms with Crippen LogP contribution in [0.25, 0.3) is 11.4 Å². The molecule has 1 heterocycles. The summed E-state index contributed by atoms with van der Waals surface area (Å²) in [6.45, 7) is 0. The van der Waals surface area contributed by atoms with Crippen LogP contribution in [0.5, 0.6) is 0 Å². The van der Waals surface area contributed by atoms with Crippen LogP contribution in [0, 0.1) is 0 Å². The first-order chi connectivity index (χ1) is 6.68. The SMILES string of the molecule is Cn1nc(Br)nc1-c1ccccc1Cl. The molecule has 2 aromatic rings. The summed E-state index contributed by atoms with van der Waals surface area (Å²) in [5.74, 6) is 0.752. The Kier molecular flexibility index (Phi) is 2.56. The van der Waals surface area contributed by atoms with Gasteiger partial charge in [-0.15, -0.1) is 5.10 Å². The van der Waals surface area contributed by atoms with Crippen LogP contribution >= 0.6 is 27.5 Å². The second-order valence-electron chi connectivity index (χ2n) is 2.81. The molecule has 0 fully saturated rings. The largest absolute Gasteiger partial charge is 0.248 e. The van der Waals surface area contributed by atoms with Crippen LogP contribution in [0.4, 0.5) is 0 Å². The number of benzene rings is 1. The van der Waals surface area contributed by atoms with Gasteiger partial charge in [0.15, 0.2) is 5.82 Å². The van der Waals surface area contributed by atoms with Crippen LogP contribution in [0.15, 0.2) is 29.0 Å². The third kappa shape index (κ3) is 1.67. The maximum Gasteiger partial charge on any atom is 0.217 e. The zero-order valence-corrected chi connectivity index (χ0v) is 9.75. The highest BCUT2D eigenvalue weighted by molar-refractivity contribution is 9.10. The molecule has 3 nitrogen and oxygen atoms in total. The molecule has 0 aliphatic rings. The van der Waals surface area contributed by atoms with Gasteiger partial charge in [0.25, 0.3) is 0 Å². The molecule has 0 N–H and O–H groups in total. The lowest BCUT2D eigenvalue weighted by atomic mass is 10.2. The Hall–Kier alpha value is -0.870. The number of aromatic nitrogens is 3. The van der Waals surface area contributed by atoms with Crippen molar-refractivity contribution in [1.82, 2.24) is 14.8 Å². The first kappa shape index (κ1) is 9.68. The van der Waals surface area contributed by atoms with Crippen molar-refractivity contribution in [2.45, 2.75) is 0 Å². The highest BCUT2D eigenvalue weighted by Gasteiger charge is 2.09. The van der Waals surface area contributed by atoms with Crippen molar-refractivity contribution in [3.05, 3.63) is 34.0 Å². The van der Waals surface area contributed by atoms with Crippen LogP contribution in [0.2, 0.25) is 5.02 Å². The monoisotopic (exact) mass is 271 g/mol. The molecule has 2 rings (SSSR count). The predicted molar refractivity (Wildman–Crippen MR) is 59.1 cm³/mol. The summed E-state index contributed by atoms with van der Waals surface area (Å²) in [5, 5.41) is 4.77. The van der Waals surface area contributed by atoms with Gasteiger partial charge >= 0.3 is 0 Å². The average Bonchev–Trinajstić information content (AvgIpc) is 2.46. The predicted octanol–water partition coefficient (Wildman–Crippen LogP) is 2.90. The molecular weight excluding hydrogens is 265 g/mol. The van der Waals surface area contributed by atoms with E-state index in [1.807, 2.05) is 31.3 Å². The summed E-state index contributed by atoms with van der Waals surface area (Å²) in [4.78, 5) is 4.23. The molecule has 0 bridgehead atoms. The molecule has 0 aliphatic carbocycles. The van der Waals surface area contributed by atoms with Crippen LogP contribution in [0.1, 0.15) is 0 Å². The lowest BCUT2D eigenvalue weighted by molar-refractivity contribution is 0.768. The van der Waals surface area contributed by atoms with Crippen LogP contribution < -0.4 is 0 Å². The van der Waals surface area contributed by atoms with Crippen molar-refractivity contribution in [3.63, 3.8) is 0 Å². The molecular formula is C9H7BrClN3. The lowest BCUT2D eigenvalue weighted by Gasteiger charge is -2.01. The zero-order chi connectivity index (χ0) is 10.1. The quantitative estimate of drug-likeness (QED) is 0.799. The normalized spacial score (nSPS) is 10.5. The van der Waals surface area contributed by atoms with Gasteiger partial charge in [0.05, 0.1) is 5.02 Å². The summed E-state index contributed by atoms with van der Waals surface area (Å²) < 4.78 is 2.25. The van der Waals surface area contributed by atoms with Gasteiger partial charge in [-0.2, -0.15) is 0 Å². The Bertz CT molecular complexity index is 467. The van der Waals surface area contributed by atoms with Crippen molar-refractivity contribution in [2.24, 2.45) is 7.05 Å². The molecule has 14 heavy (non-hydrogen) atoms. The minimum absolute atomic E-state index is 0.565. The number of nitrogens with zero attached hydrogens (tertiary/aromatic N) is 3. The topological polar surface area (TPSA) is 30.7 Å². The van der Waals surface area contributed by atoms with E-state index in [4.69, 9.17) is 11.6 Å². The molecule has 0 radical (unpaired) electrons. The van der Waals surface area contributed by atoms with Crippen molar-refractivity contribution in [3.8, 4) is 11.4 Å². The molecule has 0 spiro atoms. The average molecular weight is 273 g/mol. The standard InChI is InChI=1S/C9H7BrClN3/c1-14-8(12-9(10)13-14)6-4-2-3-5-7(6)11/h2-5H,1H3. The fourth-order valence-corrected chi connectivity index (χ4v) is 1.86. The van der Waals surface area contributed by atoms with Crippen molar-refractivity contribution in [2.75, 3.05) is 0 Å². The Morgan fingerprint density at radius 2 is 2.07 bits per heavy atom. The minimum atomic E-state index is 0.565. The Labute approximate surface area is 94.9 Å². The van der Waals surface area contributed by atoms with Gasteiger partial charge in [-0.3, -0.25) is 0 Å². The van der Waals surface area contributed by atoms with Crippen molar-refractivity contribution < 1.29 is 0 Å². The van der Waals surface area contributed by atoms with Gasteiger partial charge in [0, 0.05) is 12.6 Å². The first-order valence-corrected chi connectivity index (χ1v) is 5.17. The summed E-state index contributed by atoms with van der Waals surface area (Å²) in [7, 11) is 1.83. The van der Waals surface area contributed by atoms with E-state index in [9.17, 15) is 0 Å². The Balaban J connectivity index is 2.60. The molecule has 0 atom stereocenters. The van der Waals surface area contributed by atoms with Crippen LogP contribution in [-0.4, -0.2) is 14.8 Å². The molecule has 0 amide bonds. The van der Waals surface area contributed by atoms with Crippen LogP contribution in [-0.2, 0) is 7.05 Å². The Morgan fingerprint density at radius 1 is 1.36 bits per heavy atom. The van der Waals surface area contributed by atoms with E-state index in [2.05, 4.69) is 26.0 Å². The number of halogens is 2. The number of rotatable bonds is 1. The van der Waals surface area contributed by atoms with E-state index >= 15 is 0 Å². The summed E-state index contributed by atoms with van der Waals surface area (Å²) in [6, 6.07) is 7.55. The summed E-state index contributed by atoms with van der Waals surface area (Å²) >= 11 is 9.26. The highest BCUT2D eigenvalue weighted by atomic mass is 79.9.